The molecule has 2 saturated heterocycles. The van der Waals surface area contributed by atoms with Gasteiger partial charge in [0.15, 0.2) is 11.6 Å². The number of ether oxygens (including phenoxy) is 2. The van der Waals surface area contributed by atoms with Crippen LogP contribution in [-0.2, 0) is 11.3 Å². The van der Waals surface area contributed by atoms with Crippen LogP contribution in [0.5, 0.6) is 6.01 Å². The molecule has 0 spiro atoms. The number of nitrogens with two attached hydrogens (primary N) is 1. The fourth-order valence-corrected chi connectivity index (χ4v) is 3.59. The molecule has 0 radical (unpaired) electrons. The van der Waals surface area contributed by atoms with Crippen molar-refractivity contribution in [3.05, 3.63) is 34.9 Å². The number of alkyl halides is 2. The van der Waals surface area contributed by atoms with Gasteiger partial charge in [0.25, 0.3) is 5.92 Å². The van der Waals surface area contributed by atoms with Crippen LogP contribution in [0.4, 0.5) is 26.1 Å². The minimum atomic E-state index is -2.78. The molecule has 2 aliphatic rings. The van der Waals surface area contributed by atoms with Crippen molar-refractivity contribution >= 4 is 28.9 Å². The van der Waals surface area contributed by atoms with Gasteiger partial charge in [0.05, 0.1) is 19.8 Å². The number of hydrogen-bond donors (Lipinski definition) is 2. The van der Waals surface area contributed by atoms with E-state index in [1.807, 2.05) is 25.1 Å². The van der Waals surface area contributed by atoms with E-state index in [0.29, 0.717) is 37.2 Å². The Morgan fingerprint density at radius 1 is 1.30 bits per heavy atom. The van der Waals surface area contributed by atoms with E-state index in [4.69, 9.17) is 26.8 Å². The first-order chi connectivity index (χ1) is 14.2. The molecule has 3 heterocycles. The number of halogens is 3. The van der Waals surface area contributed by atoms with E-state index in [2.05, 4.69) is 15.3 Å². The molecule has 0 amide bonds. The Labute approximate surface area is 178 Å². The lowest BCUT2D eigenvalue weighted by molar-refractivity contribution is -0.121. The Kier molecular flexibility index (Phi) is 5.59. The number of nitrogen functional groups attached to an aromatic ring is 1. The zero-order valence-electron chi connectivity index (χ0n) is 16.6. The largest absolute Gasteiger partial charge is 0.463 e. The van der Waals surface area contributed by atoms with Crippen LogP contribution in [0.2, 0.25) is 5.02 Å². The quantitative estimate of drug-likeness (QED) is 0.681. The summed E-state index contributed by atoms with van der Waals surface area (Å²) in [4.78, 5) is 10.2. The highest BCUT2D eigenvalue weighted by molar-refractivity contribution is 6.31. The Morgan fingerprint density at radius 2 is 2.07 bits per heavy atom. The van der Waals surface area contributed by atoms with E-state index in [1.165, 1.54) is 4.90 Å². The summed E-state index contributed by atoms with van der Waals surface area (Å²) in [6.07, 6.45) is -0.246. The Bertz CT molecular complexity index is 926. The highest BCUT2D eigenvalue weighted by Gasteiger charge is 2.40. The third kappa shape index (κ3) is 4.52. The van der Waals surface area contributed by atoms with Gasteiger partial charge in [0, 0.05) is 29.9 Å². The molecule has 2 fully saturated rings. The fraction of sp³-hybridized carbons (Fsp3) is 0.500. The lowest BCUT2D eigenvalue weighted by Crippen LogP contribution is -2.44. The van der Waals surface area contributed by atoms with Crippen LogP contribution in [0.1, 0.15) is 18.9 Å². The van der Waals surface area contributed by atoms with E-state index in [9.17, 15) is 8.78 Å². The second kappa shape index (κ2) is 8.03. The lowest BCUT2D eigenvalue weighted by Gasteiger charge is -2.37. The molecule has 0 atom stereocenters. The maximum atomic E-state index is 13.8. The Hall–Kier alpha value is -2.39. The molecular formula is C20H24ClF2N5O2. The van der Waals surface area contributed by atoms with Gasteiger partial charge in [-0.2, -0.15) is 9.97 Å². The maximum absolute atomic E-state index is 13.8. The van der Waals surface area contributed by atoms with Crippen LogP contribution in [-0.4, -0.2) is 48.8 Å². The molecule has 7 nitrogen and oxygen atoms in total. The smallest absolute Gasteiger partial charge is 0.320 e. The first-order valence-corrected chi connectivity index (χ1v) is 10.1. The molecule has 1 aromatic heterocycles. The van der Waals surface area contributed by atoms with Gasteiger partial charge < -0.3 is 25.4 Å². The number of nitrogens with one attached hydrogen (secondary N) is 1. The highest BCUT2D eigenvalue weighted by Crippen LogP contribution is 2.37. The molecule has 3 N–H and O–H groups in total. The van der Waals surface area contributed by atoms with Gasteiger partial charge in [-0.25, -0.2) is 8.78 Å². The average Bonchev–Trinajstić information content (AvgIpc) is 3.05. The van der Waals surface area contributed by atoms with Gasteiger partial charge in [-0.05, 0) is 11.6 Å². The van der Waals surface area contributed by atoms with Gasteiger partial charge >= 0.3 is 6.01 Å². The summed E-state index contributed by atoms with van der Waals surface area (Å²) in [6.45, 7) is 3.64. The molecule has 10 heteroatoms. The van der Waals surface area contributed by atoms with Gasteiger partial charge in [0.1, 0.15) is 12.3 Å². The predicted molar refractivity (Wildman–Crippen MR) is 111 cm³/mol. The van der Waals surface area contributed by atoms with Crippen LogP contribution in [0.25, 0.3) is 0 Å². The zero-order valence-corrected chi connectivity index (χ0v) is 17.4. The molecule has 162 valence electrons. The van der Waals surface area contributed by atoms with E-state index in [-0.39, 0.29) is 35.9 Å². The third-order valence-electron chi connectivity index (χ3n) is 5.23. The van der Waals surface area contributed by atoms with E-state index >= 15 is 0 Å². The average molecular weight is 440 g/mol. The lowest BCUT2D eigenvalue weighted by atomic mass is 9.90. The second-order valence-corrected chi connectivity index (χ2v) is 8.56. The standard InChI is InChI=1S/C20H24ClF2N5O2/c1-19(10-29-11-19)12-30-18-26-16(25-8-13-4-2-3-5-14(13)21)15(24)17(27-18)28-7-6-20(22,23)9-28/h2-5H,6-12,24H2,1H3,(H,25,26,27). The molecule has 0 bridgehead atoms. The number of benzene rings is 1. The summed E-state index contributed by atoms with van der Waals surface area (Å²) in [7, 11) is 0. The van der Waals surface area contributed by atoms with Crippen molar-refractivity contribution in [3.8, 4) is 6.01 Å². The van der Waals surface area contributed by atoms with Crippen molar-refractivity contribution in [3.63, 3.8) is 0 Å². The molecule has 1 aromatic carbocycles. The molecule has 0 unspecified atom stereocenters. The predicted octanol–water partition coefficient (Wildman–Crippen LogP) is 3.59. The van der Waals surface area contributed by atoms with Crippen molar-refractivity contribution in [2.75, 3.05) is 48.9 Å². The summed E-state index contributed by atoms with van der Waals surface area (Å²) in [5, 5.41) is 3.74. The minimum absolute atomic E-state index is 0.0872. The van der Waals surface area contributed by atoms with Crippen LogP contribution in [0.3, 0.4) is 0 Å². The maximum Gasteiger partial charge on any atom is 0.320 e. The van der Waals surface area contributed by atoms with Crippen molar-refractivity contribution < 1.29 is 18.3 Å². The van der Waals surface area contributed by atoms with E-state index in [1.54, 1.807) is 6.07 Å². The van der Waals surface area contributed by atoms with Crippen molar-refractivity contribution in [2.24, 2.45) is 5.41 Å². The monoisotopic (exact) mass is 439 g/mol. The Morgan fingerprint density at radius 3 is 2.70 bits per heavy atom. The van der Waals surface area contributed by atoms with Gasteiger partial charge in [0.2, 0.25) is 0 Å². The molecular weight excluding hydrogens is 416 g/mol. The van der Waals surface area contributed by atoms with Crippen LogP contribution in [0, 0.1) is 5.41 Å². The number of nitrogens with zero attached hydrogens (tertiary/aromatic N) is 3. The summed E-state index contributed by atoms with van der Waals surface area (Å²) in [6, 6.07) is 7.47. The van der Waals surface area contributed by atoms with Crippen LogP contribution < -0.4 is 20.7 Å². The number of anilines is 3. The summed E-state index contributed by atoms with van der Waals surface area (Å²) in [5.41, 5.74) is 7.20. The summed E-state index contributed by atoms with van der Waals surface area (Å²) in [5.74, 6) is -2.21. The normalized spacial score (nSPS) is 19.4. The van der Waals surface area contributed by atoms with Crippen molar-refractivity contribution in [2.45, 2.75) is 25.8 Å². The van der Waals surface area contributed by atoms with E-state index < -0.39 is 12.5 Å². The number of aromatic nitrogens is 2. The van der Waals surface area contributed by atoms with Crippen molar-refractivity contribution in [1.82, 2.24) is 9.97 Å². The SMILES string of the molecule is CC1(COc2nc(NCc3ccccc3Cl)c(N)c(N3CCC(F)(F)C3)n2)COC1. The summed E-state index contributed by atoms with van der Waals surface area (Å²) >= 11 is 6.22. The molecule has 0 aliphatic carbocycles. The highest BCUT2D eigenvalue weighted by atomic mass is 35.5. The first kappa shape index (κ1) is 20.9. The van der Waals surface area contributed by atoms with Crippen LogP contribution >= 0.6 is 11.6 Å². The molecule has 4 rings (SSSR count). The van der Waals surface area contributed by atoms with Gasteiger partial charge in [-0.3, -0.25) is 0 Å². The number of rotatable bonds is 7. The first-order valence-electron chi connectivity index (χ1n) is 9.73. The fourth-order valence-electron chi connectivity index (χ4n) is 3.39. The molecule has 30 heavy (non-hydrogen) atoms. The molecule has 2 aliphatic heterocycles. The Balaban J connectivity index is 1.59. The van der Waals surface area contributed by atoms with Crippen molar-refractivity contribution in [1.29, 1.82) is 0 Å². The molecule has 0 saturated carbocycles. The van der Waals surface area contributed by atoms with E-state index in [0.717, 1.165) is 5.56 Å². The third-order valence-corrected chi connectivity index (χ3v) is 5.60. The summed E-state index contributed by atoms with van der Waals surface area (Å²) < 4.78 is 38.6. The number of hydrogen-bond acceptors (Lipinski definition) is 7. The van der Waals surface area contributed by atoms with Gasteiger partial charge in [-0.1, -0.05) is 36.7 Å². The second-order valence-electron chi connectivity index (χ2n) is 8.16. The zero-order chi connectivity index (χ0) is 21.4. The topological polar surface area (TPSA) is 85.5 Å². The van der Waals surface area contributed by atoms with Crippen LogP contribution in [0.15, 0.2) is 24.3 Å². The minimum Gasteiger partial charge on any atom is -0.463 e. The molecule has 2 aromatic rings. The van der Waals surface area contributed by atoms with Gasteiger partial charge in [-0.15, -0.1) is 0 Å².